The van der Waals surface area contributed by atoms with Crippen LogP contribution in [0.2, 0.25) is 10.0 Å². The van der Waals surface area contributed by atoms with Gasteiger partial charge < -0.3 is 15.4 Å². The molecule has 2 aromatic carbocycles. The number of benzene rings is 2. The first kappa shape index (κ1) is 23.5. The van der Waals surface area contributed by atoms with Crippen molar-refractivity contribution >= 4 is 35.0 Å². The third-order valence-corrected chi connectivity index (χ3v) is 5.94. The molecule has 8 heteroatoms. The van der Waals surface area contributed by atoms with E-state index in [2.05, 4.69) is 15.5 Å². The maximum atomic E-state index is 12.3. The van der Waals surface area contributed by atoms with Crippen LogP contribution in [0, 0.1) is 0 Å². The van der Waals surface area contributed by atoms with E-state index in [0.29, 0.717) is 41.6 Å². The Balaban J connectivity index is 1.42. The monoisotopic (exact) mass is 463 g/mol. The molecule has 1 aliphatic rings. The summed E-state index contributed by atoms with van der Waals surface area (Å²) in [6.45, 7) is 3.40. The van der Waals surface area contributed by atoms with Gasteiger partial charge in [-0.1, -0.05) is 41.4 Å². The number of carbonyl (C=O) groups is 2. The molecular formula is C23H27Cl2N3O3. The van der Waals surface area contributed by atoms with Gasteiger partial charge in [0.2, 0.25) is 5.91 Å². The van der Waals surface area contributed by atoms with Crippen molar-refractivity contribution in [2.45, 2.75) is 25.5 Å². The van der Waals surface area contributed by atoms with Crippen molar-refractivity contribution < 1.29 is 14.3 Å². The minimum atomic E-state index is -0.133. The minimum Gasteiger partial charge on any atom is -0.374 e. The van der Waals surface area contributed by atoms with Gasteiger partial charge in [0.15, 0.2) is 0 Å². The van der Waals surface area contributed by atoms with Gasteiger partial charge in [0.1, 0.15) is 0 Å². The second-order valence-electron chi connectivity index (χ2n) is 7.56. The molecule has 2 N–H and O–H groups in total. The summed E-state index contributed by atoms with van der Waals surface area (Å²) < 4.78 is 5.81. The highest BCUT2D eigenvalue weighted by molar-refractivity contribution is 6.42. The normalized spacial score (nSPS) is 16.7. The fourth-order valence-electron chi connectivity index (χ4n) is 3.53. The number of nitrogens with one attached hydrogen (secondary N) is 2. The Hall–Kier alpha value is -2.12. The van der Waals surface area contributed by atoms with E-state index in [9.17, 15) is 9.59 Å². The molecule has 2 amide bonds. The second-order valence-corrected chi connectivity index (χ2v) is 8.37. The molecule has 2 aromatic rings. The number of aryl methyl sites for hydroxylation is 1. The maximum absolute atomic E-state index is 12.3. The van der Waals surface area contributed by atoms with Gasteiger partial charge in [-0.2, -0.15) is 0 Å². The average molecular weight is 464 g/mol. The third kappa shape index (κ3) is 7.21. The van der Waals surface area contributed by atoms with Crippen LogP contribution in [0.25, 0.3) is 0 Å². The van der Waals surface area contributed by atoms with E-state index >= 15 is 0 Å². The van der Waals surface area contributed by atoms with Gasteiger partial charge in [0.25, 0.3) is 5.91 Å². The van der Waals surface area contributed by atoms with Crippen molar-refractivity contribution in [1.29, 1.82) is 0 Å². The van der Waals surface area contributed by atoms with Gasteiger partial charge in [-0.3, -0.25) is 14.5 Å². The Morgan fingerprint density at radius 2 is 1.97 bits per heavy atom. The molecule has 166 valence electrons. The first-order chi connectivity index (χ1) is 14.9. The molecule has 1 fully saturated rings. The summed E-state index contributed by atoms with van der Waals surface area (Å²) in [6, 6.07) is 13.0. The predicted molar refractivity (Wildman–Crippen MR) is 123 cm³/mol. The molecule has 1 aliphatic heterocycles. The first-order valence-electron chi connectivity index (χ1n) is 10.3. The fraction of sp³-hybridized carbons (Fsp3) is 0.391. The third-order valence-electron chi connectivity index (χ3n) is 5.20. The second kappa shape index (κ2) is 11.5. The summed E-state index contributed by atoms with van der Waals surface area (Å²) in [5.74, 6) is -0.165. The number of hydrogen-bond donors (Lipinski definition) is 2. The fourth-order valence-corrected chi connectivity index (χ4v) is 3.85. The van der Waals surface area contributed by atoms with Gasteiger partial charge in [-0.15, -0.1) is 0 Å². The lowest BCUT2D eigenvalue weighted by molar-refractivity contribution is -0.122. The molecule has 1 heterocycles. The number of rotatable bonds is 8. The number of morpholine rings is 1. The highest BCUT2D eigenvalue weighted by Crippen LogP contribution is 2.23. The van der Waals surface area contributed by atoms with Crippen molar-refractivity contribution in [2.24, 2.45) is 0 Å². The molecule has 0 bridgehead atoms. The Morgan fingerprint density at radius 3 is 2.74 bits per heavy atom. The molecule has 0 aromatic heterocycles. The lowest BCUT2D eigenvalue weighted by Crippen LogP contribution is -2.47. The summed E-state index contributed by atoms with van der Waals surface area (Å²) in [5.41, 5.74) is 2.65. The van der Waals surface area contributed by atoms with Crippen LogP contribution in [0.1, 0.15) is 27.9 Å². The molecule has 1 saturated heterocycles. The highest BCUT2D eigenvalue weighted by Gasteiger charge is 2.21. The first-order valence-corrected chi connectivity index (χ1v) is 11.1. The van der Waals surface area contributed by atoms with Crippen LogP contribution in [-0.4, -0.2) is 56.1 Å². The number of carbonyl (C=O) groups excluding carboxylic acids is 2. The van der Waals surface area contributed by atoms with Gasteiger partial charge in [-0.05, 0) is 41.8 Å². The number of ether oxygens (including phenoxy) is 1. The van der Waals surface area contributed by atoms with Crippen LogP contribution in [0.5, 0.6) is 0 Å². The van der Waals surface area contributed by atoms with E-state index in [-0.39, 0.29) is 17.9 Å². The zero-order valence-corrected chi connectivity index (χ0v) is 19.0. The largest absolute Gasteiger partial charge is 0.374 e. The van der Waals surface area contributed by atoms with E-state index in [1.165, 1.54) is 0 Å². The van der Waals surface area contributed by atoms with Crippen LogP contribution >= 0.6 is 23.2 Å². The molecule has 0 spiro atoms. The number of amides is 2. The molecule has 0 unspecified atom stereocenters. The topological polar surface area (TPSA) is 70.7 Å². The van der Waals surface area contributed by atoms with E-state index in [1.807, 2.05) is 36.4 Å². The Labute approximate surface area is 192 Å². The predicted octanol–water partition coefficient (Wildman–Crippen LogP) is 3.30. The van der Waals surface area contributed by atoms with Crippen LogP contribution in [0.4, 0.5) is 0 Å². The average Bonchev–Trinajstić information content (AvgIpc) is 2.78. The summed E-state index contributed by atoms with van der Waals surface area (Å²) >= 11 is 12.1. The van der Waals surface area contributed by atoms with E-state index in [0.717, 1.165) is 30.8 Å². The van der Waals surface area contributed by atoms with Crippen molar-refractivity contribution in [3.8, 4) is 0 Å². The van der Waals surface area contributed by atoms with Crippen LogP contribution in [0.3, 0.4) is 0 Å². The smallest absolute Gasteiger partial charge is 0.251 e. The molecule has 0 radical (unpaired) electrons. The summed E-state index contributed by atoms with van der Waals surface area (Å²) in [4.78, 5) is 26.3. The maximum Gasteiger partial charge on any atom is 0.251 e. The SMILES string of the molecule is CNC(=O)c1cccc(CCC(=O)NC[C@H]2CN(Cc3ccc(Cl)c(Cl)c3)CCO2)c1. The Morgan fingerprint density at radius 1 is 1.13 bits per heavy atom. The van der Waals surface area contributed by atoms with Gasteiger partial charge in [-0.25, -0.2) is 0 Å². The van der Waals surface area contributed by atoms with Gasteiger partial charge in [0.05, 0.1) is 22.8 Å². The number of halogens is 2. The van der Waals surface area contributed by atoms with Crippen LogP contribution < -0.4 is 10.6 Å². The van der Waals surface area contributed by atoms with E-state index < -0.39 is 0 Å². The molecule has 0 aliphatic carbocycles. The Bertz CT molecular complexity index is 923. The Kier molecular flexibility index (Phi) is 8.72. The molecule has 6 nitrogen and oxygen atoms in total. The van der Waals surface area contributed by atoms with Crippen LogP contribution in [-0.2, 0) is 22.5 Å². The van der Waals surface area contributed by atoms with Crippen LogP contribution in [0.15, 0.2) is 42.5 Å². The van der Waals surface area contributed by atoms with Crippen molar-refractivity contribution in [1.82, 2.24) is 15.5 Å². The van der Waals surface area contributed by atoms with E-state index in [4.69, 9.17) is 27.9 Å². The highest BCUT2D eigenvalue weighted by atomic mass is 35.5. The van der Waals surface area contributed by atoms with Crippen molar-refractivity contribution in [3.63, 3.8) is 0 Å². The molecule has 0 saturated carbocycles. The summed E-state index contributed by atoms with van der Waals surface area (Å²) in [6.07, 6.45) is 0.875. The zero-order valence-electron chi connectivity index (χ0n) is 17.5. The minimum absolute atomic E-state index is 0.0319. The lowest BCUT2D eigenvalue weighted by atomic mass is 10.1. The molecule has 31 heavy (non-hydrogen) atoms. The quantitative estimate of drug-likeness (QED) is 0.629. The standard InChI is InChI=1S/C23H27Cl2N3O3/c1-26-23(30)18-4-2-3-16(11-18)6-8-22(29)27-13-19-15-28(9-10-31-19)14-17-5-7-20(24)21(25)12-17/h2-5,7,11-12,19H,6,8-10,13-15H2,1H3,(H,26,30)(H,27,29)/t19-/m0/s1. The lowest BCUT2D eigenvalue weighted by Gasteiger charge is -2.33. The van der Waals surface area contributed by atoms with Gasteiger partial charge in [0, 0.05) is 45.2 Å². The summed E-state index contributed by atoms with van der Waals surface area (Å²) in [7, 11) is 1.60. The number of hydrogen-bond acceptors (Lipinski definition) is 4. The van der Waals surface area contributed by atoms with Crippen molar-refractivity contribution in [2.75, 3.05) is 33.3 Å². The zero-order chi connectivity index (χ0) is 22.2. The van der Waals surface area contributed by atoms with Crippen molar-refractivity contribution in [3.05, 3.63) is 69.2 Å². The summed E-state index contributed by atoms with van der Waals surface area (Å²) in [5, 5.41) is 6.67. The van der Waals surface area contributed by atoms with E-state index in [1.54, 1.807) is 13.1 Å². The molecule has 3 rings (SSSR count). The number of nitrogens with zero attached hydrogens (tertiary/aromatic N) is 1. The molecule has 1 atom stereocenters. The van der Waals surface area contributed by atoms with Gasteiger partial charge >= 0.3 is 0 Å². The molecular weight excluding hydrogens is 437 g/mol.